The molecular weight excluding hydrogens is 225 g/mol. The van der Waals surface area contributed by atoms with Gasteiger partial charge in [-0.05, 0) is 55.5 Å². The lowest BCUT2D eigenvalue weighted by molar-refractivity contribution is 0.378. The topological polar surface area (TPSA) is 12.0 Å². The van der Waals surface area contributed by atoms with Gasteiger partial charge in [-0.15, -0.1) is 0 Å². The van der Waals surface area contributed by atoms with Crippen LogP contribution in [0.15, 0.2) is 24.3 Å². The molecule has 1 aromatic rings. The van der Waals surface area contributed by atoms with E-state index in [1.807, 2.05) is 12.1 Å². The Kier molecular flexibility index (Phi) is 5.18. The van der Waals surface area contributed by atoms with Gasteiger partial charge in [0.25, 0.3) is 0 Å². The van der Waals surface area contributed by atoms with Crippen LogP contribution in [0.3, 0.4) is 0 Å². The van der Waals surface area contributed by atoms with Gasteiger partial charge < -0.3 is 5.32 Å². The standard InChI is InChI=1S/C16H24FN/c1-2-18-12-14-6-4-3-5-7-16(14)13-8-10-15(17)11-9-13/h8-11,14,16,18H,2-7,12H2,1H3. The third-order valence-electron chi connectivity index (χ3n) is 4.11. The summed E-state index contributed by atoms with van der Waals surface area (Å²) in [6.07, 6.45) is 6.55. The smallest absolute Gasteiger partial charge is 0.123 e. The first-order chi connectivity index (χ1) is 8.81. The second-order valence-corrected chi connectivity index (χ2v) is 5.36. The Morgan fingerprint density at radius 2 is 1.83 bits per heavy atom. The fourth-order valence-corrected chi connectivity index (χ4v) is 3.11. The highest BCUT2D eigenvalue weighted by molar-refractivity contribution is 5.21. The maximum absolute atomic E-state index is 13.0. The summed E-state index contributed by atoms with van der Waals surface area (Å²) in [4.78, 5) is 0. The van der Waals surface area contributed by atoms with E-state index in [0.29, 0.717) is 11.8 Å². The molecule has 2 rings (SSSR count). The van der Waals surface area contributed by atoms with E-state index in [9.17, 15) is 4.39 Å². The van der Waals surface area contributed by atoms with Crippen molar-refractivity contribution in [2.45, 2.75) is 44.9 Å². The summed E-state index contributed by atoms with van der Waals surface area (Å²) in [5.74, 6) is 1.18. The van der Waals surface area contributed by atoms with E-state index < -0.39 is 0 Å². The Hall–Kier alpha value is -0.890. The highest BCUT2D eigenvalue weighted by atomic mass is 19.1. The van der Waals surface area contributed by atoms with Crippen LogP contribution in [0.2, 0.25) is 0 Å². The molecule has 1 aliphatic carbocycles. The van der Waals surface area contributed by atoms with Crippen LogP contribution in [0.25, 0.3) is 0 Å². The average molecular weight is 249 g/mol. The monoisotopic (exact) mass is 249 g/mol. The molecule has 1 aliphatic rings. The number of hydrogen-bond acceptors (Lipinski definition) is 1. The van der Waals surface area contributed by atoms with Crippen molar-refractivity contribution in [3.05, 3.63) is 35.6 Å². The first-order valence-electron chi connectivity index (χ1n) is 7.27. The molecule has 18 heavy (non-hydrogen) atoms. The predicted octanol–water partition coefficient (Wildman–Crippen LogP) is 4.10. The zero-order valence-electron chi connectivity index (χ0n) is 11.3. The van der Waals surface area contributed by atoms with Gasteiger partial charge in [0.05, 0.1) is 0 Å². The molecule has 2 atom stereocenters. The molecular formula is C16H24FN. The van der Waals surface area contributed by atoms with E-state index >= 15 is 0 Å². The minimum Gasteiger partial charge on any atom is -0.317 e. The third-order valence-corrected chi connectivity index (χ3v) is 4.11. The maximum atomic E-state index is 13.0. The SMILES string of the molecule is CCNCC1CCCCCC1c1ccc(F)cc1. The van der Waals surface area contributed by atoms with E-state index in [1.54, 1.807) is 12.1 Å². The van der Waals surface area contributed by atoms with Crippen LogP contribution in [-0.4, -0.2) is 13.1 Å². The summed E-state index contributed by atoms with van der Waals surface area (Å²) in [6, 6.07) is 7.16. The number of benzene rings is 1. The molecule has 2 unspecified atom stereocenters. The van der Waals surface area contributed by atoms with Crippen LogP contribution in [0.4, 0.5) is 4.39 Å². The van der Waals surface area contributed by atoms with Gasteiger partial charge in [0.1, 0.15) is 5.82 Å². The molecule has 100 valence electrons. The van der Waals surface area contributed by atoms with E-state index in [0.717, 1.165) is 13.1 Å². The number of rotatable bonds is 4. The molecule has 0 bridgehead atoms. The van der Waals surface area contributed by atoms with Crippen LogP contribution in [0.1, 0.15) is 50.5 Å². The van der Waals surface area contributed by atoms with Crippen LogP contribution >= 0.6 is 0 Å². The molecule has 0 aromatic heterocycles. The fraction of sp³-hybridized carbons (Fsp3) is 0.625. The van der Waals surface area contributed by atoms with Gasteiger partial charge in [-0.2, -0.15) is 0 Å². The normalized spacial score (nSPS) is 24.8. The van der Waals surface area contributed by atoms with Crippen molar-refractivity contribution in [1.82, 2.24) is 5.32 Å². The molecule has 2 heteroatoms. The minimum absolute atomic E-state index is 0.129. The predicted molar refractivity (Wildman–Crippen MR) is 74.3 cm³/mol. The summed E-state index contributed by atoms with van der Waals surface area (Å²) in [6.45, 7) is 4.29. The summed E-state index contributed by atoms with van der Waals surface area (Å²) in [5, 5.41) is 3.48. The quantitative estimate of drug-likeness (QED) is 0.792. The average Bonchev–Trinajstić information content (AvgIpc) is 2.62. The minimum atomic E-state index is -0.129. The van der Waals surface area contributed by atoms with Crippen molar-refractivity contribution in [3.63, 3.8) is 0 Å². The Morgan fingerprint density at radius 3 is 2.56 bits per heavy atom. The molecule has 1 fully saturated rings. The van der Waals surface area contributed by atoms with Gasteiger partial charge in [0.15, 0.2) is 0 Å². The van der Waals surface area contributed by atoms with Crippen molar-refractivity contribution < 1.29 is 4.39 Å². The van der Waals surface area contributed by atoms with Crippen molar-refractivity contribution in [2.24, 2.45) is 5.92 Å². The molecule has 0 amide bonds. The van der Waals surface area contributed by atoms with Gasteiger partial charge in [-0.1, -0.05) is 38.3 Å². The van der Waals surface area contributed by atoms with Crippen LogP contribution in [0, 0.1) is 11.7 Å². The van der Waals surface area contributed by atoms with Crippen LogP contribution in [0.5, 0.6) is 0 Å². The summed E-state index contributed by atoms with van der Waals surface area (Å²) in [5.41, 5.74) is 1.32. The summed E-state index contributed by atoms with van der Waals surface area (Å²) in [7, 11) is 0. The maximum Gasteiger partial charge on any atom is 0.123 e. The zero-order valence-corrected chi connectivity index (χ0v) is 11.3. The number of hydrogen-bond donors (Lipinski definition) is 1. The van der Waals surface area contributed by atoms with Crippen LogP contribution < -0.4 is 5.32 Å². The Balaban J connectivity index is 2.11. The van der Waals surface area contributed by atoms with E-state index in [-0.39, 0.29) is 5.82 Å². The lowest BCUT2D eigenvalue weighted by Gasteiger charge is -2.26. The Labute approximate surface area is 110 Å². The largest absolute Gasteiger partial charge is 0.317 e. The Bertz CT molecular complexity index is 347. The third kappa shape index (κ3) is 3.55. The highest BCUT2D eigenvalue weighted by Gasteiger charge is 2.24. The summed E-state index contributed by atoms with van der Waals surface area (Å²) >= 11 is 0. The molecule has 0 radical (unpaired) electrons. The van der Waals surface area contributed by atoms with Gasteiger partial charge >= 0.3 is 0 Å². The second kappa shape index (κ2) is 6.89. The van der Waals surface area contributed by atoms with Gasteiger partial charge in [0, 0.05) is 0 Å². The molecule has 1 saturated carbocycles. The zero-order chi connectivity index (χ0) is 12.8. The lowest BCUT2D eigenvalue weighted by atomic mass is 9.82. The molecule has 0 heterocycles. The van der Waals surface area contributed by atoms with Gasteiger partial charge in [-0.25, -0.2) is 4.39 Å². The van der Waals surface area contributed by atoms with Gasteiger partial charge in [-0.3, -0.25) is 0 Å². The van der Waals surface area contributed by atoms with E-state index in [1.165, 1.54) is 37.7 Å². The van der Waals surface area contributed by atoms with Crippen molar-refractivity contribution in [3.8, 4) is 0 Å². The molecule has 0 spiro atoms. The Morgan fingerprint density at radius 1 is 1.11 bits per heavy atom. The summed E-state index contributed by atoms with van der Waals surface area (Å²) < 4.78 is 13.0. The molecule has 1 aromatic carbocycles. The number of nitrogens with one attached hydrogen (secondary N) is 1. The van der Waals surface area contributed by atoms with Gasteiger partial charge in [0.2, 0.25) is 0 Å². The first kappa shape index (κ1) is 13.5. The van der Waals surface area contributed by atoms with Crippen molar-refractivity contribution in [2.75, 3.05) is 13.1 Å². The van der Waals surface area contributed by atoms with Crippen molar-refractivity contribution in [1.29, 1.82) is 0 Å². The van der Waals surface area contributed by atoms with E-state index in [2.05, 4.69) is 12.2 Å². The molecule has 0 saturated heterocycles. The first-order valence-corrected chi connectivity index (χ1v) is 7.27. The highest BCUT2D eigenvalue weighted by Crippen LogP contribution is 2.36. The van der Waals surface area contributed by atoms with E-state index in [4.69, 9.17) is 0 Å². The molecule has 1 N–H and O–H groups in total. The lowest BCUT2D eigenvalue weighted by Crippen LogP contribution is -2.26. The number of halogens is 1. The molecule has 0 aliphatic heterocycles. The fourth-order valence-electron chi connectivity index (χ4n) is 3.11. The second-order valence-electron chi connectivity index (χ2n) is 5.36. The molecule has 1 nitrogen and oxygen atoms in total. The van der Waals surface area contributed by atoms with Crippen molar-refractivity contribution >= 4 is 0 Å². The van der Waals surface area contributed by atoms with Crippen LogP contribution in [-0.2, 0) is 0 Å².